The van der Waals surface area contributed by atoms with E-state index in [-0.39, 0.29) is 5.70 Å². The minimum Gasteiger partial charge on any atom is -0.489 e. The van der Waals surface area contributed by atoms with Crippen LogP contribution in [0.5, 0.6) is 5.75 Å². The largest absolute Gasteiger partial charge is 0.489 e. The molecule has 0 spiro atoms. The second-order valence-corrected chi connectivity index (χ2v) is 7.82. The molecule has 0 aromatic heterocycles. The van der Waals surface area contributed by atoms with E-state index in [1.165, 1.54) is 0 Å². The Kier molecular flexibility index (Phi) is 5.44. The molecule has 5 heteroatoms. The highest BCUT2D eigenvalue weighted by Crippen LogP contribution is 2.23. The minimum atomic E-state index is -0.463. The van der Waals surface area contributed by atoms with Crippen molar-refractivity contribution in [3.8, 4) is 5.75 Å². The van der Waals surface area contributed by atoms with Crippen LogP contribution in [0, 0.1) is 0 Å². The van der Waals surface area contributed by atoms with Crippen molar-refractivity contribution in [1.82, 2.24) is 0 Å². The van der Waals surface area contributed by atoms with E-state index in [9.17, 15) is 4.79 Å². The number of benzene rings is 4. The second kappa shape index (κ2) is 8.69. The van der Waals surface area contributed by atoms with E-state index in [0.717, 1.165) is 33.2 Å². The van der Waals surface area contributed by atoms with Crippen molar-refractivity contribution in [2.75, 3.05) is 0 Å². The summed E-state index contributed by atoms with van der Waals surface area (Å²) in [6.07, 6.45) is 1.71. The number of cyclic esters (lactones) is 1. The van der Waals surface area contributed by atoms with Gasteiger partial charge in [-0.15, -0.1) is 0 Å². The number of fused-ring (bicyclic) bond motifs is 1. The smallest absolute Gasteiger partial charge is 0.363 e. The highest BCUT2D eigenvalue weighted by molar-refractivity contribution is 6.30. The summed E-state index contributed by atoms with van der Waals surface area (Å²) in [5.41, 5.74) is 2.86. The predicted octanol–water partition coefficient (Wildman–Crippen LogP) is 6.42. The monoisotopic (exact) mass is 439 g/mol. The zero-order chi connectivity index (χ0) is 21.9. The molecule has 0 N–H and O–H groups in total. The zero-order valence-corrected chi connectivity index (χ0v) is 17.8. The third-order valence-electron chi connectivity index (χ3n) is 5.09. The molecule has 4 nitrogen and oxygen atoms in total. The van der Waals surface area contributed by atoms with Crippen molar-refractivity contribution in [1.29, 1.82) is 0 Å². The minimum absolute atomic E-state index is 0.265. The van der Waals surface area contributed by atoms with Gasteiger partial charge in [-0.1, -0.05) is 66.2 Å². The number of nitrogens with zero attached hydrogens (tertiary/aromatic N) is 1. The molecule has 0 saturated carbocycles. The number of ether oxygens (including phenoxy) is 2. The number of aliphatic imine (C=N–C) groups is 1. The number of hydrogen-bond acceptors (Lipinski definition) is 4. The molecule has 0 fully saturated rings. The number of esters is 1. The Morgan fingerprint density at radius 2 is 1.69 bits per heavy atom. The van der Waals surface area contributed by atoms with Gasteiger partial charge in [0.05, 0.1) is 0 Å². The molecule has 1 aliphatic heterocycles. The molecule has 1 aliphatic rings. The van der Waals surface area contributed by atoms with Crippen molar-refractivity contribution in [2.24, 2.45) is 4.99 Å². The summed E-state index contributed by atoms with van der Waals surface area (Å²) < 4.78 is 11.2. The van der Waals surface area contributed by atoms with Crippen molar-refractivity contribution >= 4 is 40.3 Å². The molecule has 0 radical (unpaired) electrons. The SMILES string of the molecule is O=C1OC(c2ccc3ccccc3c2)=N/C1=C\c1ccc(OCc2cccc(Cl)c2)cc1. The van der Waals surface area contributed by atoms with Gasteiger partial charge in [0.15, 0.2) is 5.70 Å². The van der Waals surface area contributed by atoms with E-state index in [2.05, 4.69) is 4.99 Å². The fraction of sp³-hybridized carbons (Fsp3) is 0.0370. The molecule has 0 amide bonds. The zero-order valence-electron chi connectivity index (χ0n) is 17.0. The summed E-state index contributed by atoms with van der Waals surface area (Å²) in [4.78, 5) is 16.7. The van der Waals surface area contributed by atoms with Crippen LogP contribution in [0.25, 0.3) is 16.8 Å². The first kappa shape index (κ1) is 20.0. The molecule has 32 heavy (non-hydrogen) atoms. The molecule has 0 bridgehead atoms. The van der Waals surface area contributed by atoms with Gasteiger partial charge in [0.1, 0.15) is 12.4 Å². The van der Waals surface area contributed by atoms with Crippen molar-refractivity contribution < 1.29 is 14.3 Å². The molecule has 4 aromatic carbocycles. The number of halogens is 1. The summed E-state index contributed by atoms with van der Waals surface area (Å²) in [5, 5.41) is 2.87. The van der Waals surface area contributed by atoms with Crippen LogP contribution in [-0.2, 0) is 16.1 Å². The molecule has 1 heterocycles. The van der Waals surface area contributed by atoms with Gasteiger partial charge in [-0.3, -0.25) is 0 Å². The van der Waals surface area contributed by atoms with E-state index in [1.54, 1.807) is 6.08 Å². The van der Waals surface area contributed by atoms with Crippen molar-refractivity contribution in [3.05, 3.63) is 118 Å². The molecule has 5 rings (SSSR count). The maximum Gasteiger partial charge on any atom is 0.363 e. The molecular formula is C27H18ClNO3. The fourth-order valence-corrected chi connectivity index (χ4v) is 3.68. The Bertz CT molecular complexity index is 1370. The van der Waals surface area contributed by atoms with Crippen LogP contribution in [0.4, 0.5) is 0 Å². The van der Waals surface area contributed by atoms with Gasteiger partial charge in [0, 0.05) is 10.6 Å². The third kappa shape index (κ3) is 4.41. The maximum absolute atomic E-state index is 12.3. The lowest BCUT2D eigenvalue weighted by Gasteiger charge is -2.07. The molecule has 0 unspecified atom stereocenters. The summed E-state index contributed by atoms with van der Waals surface area (Å²) in [6, 6.07) is 28.9. The third-order valence-corrected chi connectivity index (χ3v) is 5.33. The lowest BCUT2D eigenvalue weighted by Crippen LogP contribution is -2.05. The van der Waals surface area contributed by atoms with Crippen LogP contribution >= 0.6 is 11.6 Å². The van der Waals surface area contributed by atoms with E-state index >= 15 is 0 Å². The van der Waals surface area contributed by atoms with Gasteiger partial charge in [0.25, 0.3) is 0 Å². The molecule has 0 aliphatic carbocycles. The predicted molar refractivity (Wildman–Crippen MR) is 127 cm³/mol. The first-order chi connectivity index (χ1) is 15.6. The van der Waals surface area contributed by atoms with Gasteiger partial charge in [-0.05, 0) is 64.4 Å². The molecule has 4 aromatic rings. The Morgan fingerprint density at radius 3 is 2.50 bits per heavy atom. The van der Waals surface area contributed by atoms with Gasteiger partial charge in [-0.25, -0.2) is 9.79 Å². The topological polar surface area (TPSA) is 47.9 Å². The Hall–Kier alpha value is -3.89. The fourth-order valence-electron chi connectivity index (χ4n) is 3.47. The van der Waals surface area contributed by atoms with Gasteiger partial charge >= 0.3 is 5.97 Å². The molecule has 156 valence electrons. The summed E-state index contributed by atoms with van der Waals surface area (Å²) in [6.45, 7) is 0.423. The number of rotatable bonds is 5. The van der Waals surface area contributed by atoms with Gasteiger partial charge in [0.2, 0.25) is 5.90 Å². The highest BCUT2D eigenvalue weighted by atomic mass is 35.5. The van der Waals surface area contributed by atoms with Gasteiger partial charge < -0.3 is 9.47 Å². The number of carbonyl (C=O) groups excluding carboxylic acids is 1. The number of hydrogen-bond donors (Lipinski definition) is 0. The molecule has 0 saturated heterocycles. The van der Waals surface area contributed by atoms with E-state index in [0.29, 0.717) is 17.5 Å². The lowest BCUT2D eigenvalue weighted by atomic mass is 10.1. The van der Waals surface area contributed by atoms with Crippen LogP contribution in [0.1, 0.15) is 16.7 Å². The lowest BCUT2D eigenvalue weighted by molar-refractivity contribution is -0.129. The van der Waals surface area contributed by atoms with E-state index in [4.69, 9.17) is 21.1 Å². The standard InChI is InChI=1S/C27H18ClNO3/c28-23-7-3-4-19(14-23)17-31-24-12-8-18(9-13-24)15-25-27(30)32-26(29-25)22-11-10-20-5-1-2-6-21(20)16-22/h1-16H,17H2/b25-15-. The van der Waals surface area contributed by atoms with Crippen LogP contribution in [0.2, 0.25) is 5.02 Å². The van der Waals surface area contributed by atoms with Crippen LogP contribution in [-0.4, -0.2) is 11.9 Å². The highest BCUT2D eigenvalue weighted by Gasteiger charge is 2.24. The maximum atomic E-state index is 12.3. The van der Waals surface area contributed by atoms with Crippen LogP contribution < -0.4 is 4.74 Å². The number of carbonyl (C=O) groups is 1. The first-order valence-electron chi connectivity index (χ1n) is 10.1. The van der Waals surface area contributed by atoms with Gasteiger partial charge in [-0.2, -0.15) is 0 Å². The Labute approximate surface area is 190 Å². The Morgan fingerprint density at radius 1 is 0.875 bits per heavy atom. The van der Waals surface area contributed by atoms with E-state index in [1.807, 2.05) is 91.0 Å². The first-order valence-corrected chi connectivity index (χ1v) is 10.5. The van der Waals surface area contributed by atoms with E-state index < -0.39 is 5.97 Å². The van der Waals surface area contributed by atoms with Crippen molar-refractivity contribution in [3.63, 3.8) is 0 Å². The quantitative estimate of drug-likeness (QED) is 0.266. The summed E-state index contributed by atoms with van der Waals surface area (Å²) in [5.74, 6) is 0.574. The molecule has 0 atom stereocenters. The Balaban J connectivity index is 1.31. The normalized spacial score (nSPS) is 14.5. The van der Waals surface area contributed by atoms with Crippen LogP contribution in [0.15, 0.2) is 102 Å². The summed E-state index contributed by atoms with van der Waals surface area (Å²) >= 11 is 6.00. The van der Waals surface area contributed by atoms with Crippen molar-refractivity contribution in [2.45, 2.75) is 6.61 Å². The average Bonchev–Trinajstić information content (AvgIpc) is 3.18. The average molecular weight is 440 g/mol. The van der Waals surface area contributed by atoms with Crippen LogP contribution in [0.3, 0.4) is 0 Å². The molecular weight excluding hydrogens is 422 g/mol. The second-order valence-electron chi connectivity index (χ2n) is 7.39. The summed E-state index contributed by atoms with van der Waals surface area (Å²) in [7, 11) is 0.